The number of carbonyl (C=O) groups is 2. The Morgan fingerprint density at radius 3 is 2.30 bits per heavy atom. The molecule has 2 aliphatic rings. The first kappa shape index (κ1) is 48.0. The number of hydroxylamine groups is 2. The summed E-state index contributed by atoms with van der Waals surface area (Å²) in [6.45, 7) is 14.5. The van der Waals surface area contributed by atoms with Gasteiger partial charge in [0, 0.05) is 67.6 Å². The van der Waals surface area contributed by atoms with Crippen molar-refractivity contribution in [1.82, 2.24) is 25.5 Å². The normalized spacial score (nSPS) is 25.0. The fraction of sp³-hybridized carbons (Fsp3) is 0.592. The summed E-state index contributed by atoms with van der Waals surface area (Å²) >= 11 is 0. The molecule has 0 bridgehead atoms. The number of carbonyl (C=O) groups excluding carboxylic acids is 2. The van der Waals surface area contributed by atoms with Crippen LogP contribution in [0.2, 0.25) is 0 Å². The van der Waals surface area contributed by atoms with Crippen LogP contribution in [0, 0.1) is 29.1 Å². The maximum absolute atomic E-state index is 14.6. The van der Waals surface area contributed by atoms with Gasteiger partial charge in [0.15, 0.2) is 0 Å². The number of anilines is 1. The van der Waals surface area contributed by atoms with Crippen LogP contribution in [0.15, 0.2) is 66.7 Å². The number of nitrogens with one attached hydrogen (secondary N) is 2. The lowest BCUT2D eigenvalue weighted by molar-refractivity contribution is -0.182. The summed E-state index contributed by atoms with van der Waals surface area (Å²) in [5.74, 6) is 0.559. The number of aliphatic hydroxyl groups excluding tert-OH is 2. The lowest BCUT2D eigenvalue weighted by Gasteiger charge is -2.50. The maximum atomic E-state index is 14.6. The van der Waals surface area contributed by atoms with E-state index in [1.165, 1.54) is 0 Å². The van der Waals surface area contributed by atoms with Crippen molar-refractivity contribution in [3.8, 4) is 16.9 Å². The van der Waals surface area contributed by atoms with Crippen LogP contribution in [0.1, 0.15) is 69.4 Å². The van der Waals surface area contributed by atoms with Crippen molar-refractivity contribution in [2.75, 3.05) is 73.5 Å². The molecule has 1 aliphatic carbocycles. The molecule has 4 N–H and O–H groups in total. The molecule has 2 fully saturated rings. The van der Waals surface area contributed by atoms with Crippen molar-refractivity contribution < 1.29 is 29.4 Å². The molecule has 12 heteroatoms. The van der Waals surface area contributed by atoms with E-state index < -0.39 is 24.2 Å². The number of nitrogens with zero attached hydrogens (tertiary/aromatic N) is 4. The molecular weight excluding hydrogens is 769 g/mol. The van der Waals surface area contributed by atoms with Crippen LogP contribution in [0.5, 0.6) is 5.75 Å². The van der Waals surface area contributed by atoms with Gasteiger partial charge in [0.05, 0.1) is 19.3 Å². The molecule has 2 amide bonds. The van der Waals surface area contributed by atoms with E-state index >= 15 is 0 Å². The summed E-state index contributed by atoms with van der Waals surface area (Å²) in [5, 5.41) is 30.0. The first-order valence-corrected chi connectivity index (χ1v) is 22.1. The van der Waals surface area contributed by atoms with Crippen molar-refractivity contribution >= 4 is 17.5 Å². The minimum absolute atomic E-state index is 0.0460. The van der Waals surface area contributed by atoms with Gasteiger partial charge in [0.2, 0.25) is 5.91 Å². The van der Waals surface area contributed by atoms with Crippen LogP contribution < -0.4 is 20.3 Å². The number of para-hydroxylation sites is 1. The number of amides is 2. The second-order valence-electron chi connectivity index (χ2n) is 19.1. The topological polar surface area (TPSA) is 130 Å². The largest absolute Gasteiger partial charge is 0.491 e. The zero-order valence-corrected chi connectivity index (χ0v) is 38.8. The zero-order valence-electron chi connectivity index (χ0n) is 38.8. The number of rotatable bonds is 18. The molecule has 1 saturated heterocycles. The summed E-state index contributed by atoms with van der Waals surface area (Å²) < 4.78 is 6.68. The zero-order chi connectivity index (χ0) is 44.8. The summed E-state index contributed by atoms with van der Waals surface area (Å²) in [6, 6.07) is 20.9. The average Bonchev–Trinajstić information content (AvgIpc) is 3.58. The lowest BCUT2D eigenvalue weighted by Crippen LogP contribution is -2.56. The number of benzene rings is 3. The average molecular weight is 843 g/mol. The highest BCUT2D eigenvalue weighted by Gasteiger charge is 2.51. The highest BCUT2D eigenvalue weighted by atomic mass is 16.7. The molecule has 1 heterocycles. The molecule has 0 unspecified atom stereocenters. The molecule has 0 aromatic heterocycles. The summed E-state index contributed by atoms with van der Waals surface area (Å²) in [6.07, 6.45) is -0.169. The van der Waals surface area contributed by atoms with E-state index in [-0.39, 0.29) is 48.4 Å². The Morgan fingerprint density at radius 1 is 0.967 bits per heavy atom. The Hall–Kier alpha value is -4.04. The third-order valence-electron chi connectivity index (χ3n) is 13.6. The van der Waals surface area contributed by atoms with Crippen LogP contribution in [-0.4, -0.2) is 136 Å². The van der Waals surface area contributed by atoms with Crippen molar-refractivity contribution in [2.45, 2.75) is 91.3 Å². The Morgan fingerprint density at radius 2 is 1.67 bits per heavy atom. The second-order valence-corrected chi connectivity index (χ2v) is 19.1. The van der Waals surface area contributed by atoms with Crippen LogP contribution in [0.3, 0.4) is 0 Å². The number of hydrogen-bond acceptors (Lipinski definition) is 10. The van der Waals surface area contributed by atoms with Crippen LogP contribution in [0.4, 0.5) is 5.69 Å². The van der Waals surface area contributed by atoms with Gasteiger partial charge in [-0.2, -0.15) is 5.06 Å². The van der Waals surface area contributed by atoms with Crippen LogP contribution in [0.25, 0.3) is 11.1 Å². The Kier molecular flexibility index (Phi) is 16.4. The van der Waals surface area contributed by atoms with Crippen molar-refractivity contribution in [3.05, 3.63) is 83.4 Å². The van der Waals surface area contributed by atoms with E-state index in [4.69, 9.17) is 9.57 Å². The van der Waals surface area contributed by atoms with E-state index in [1.54, 1.807) is 12.0 Å². The van der Waals surface area contributed by atoms with Crippen molar-refractivity contribution in [2.24, 2.45) is 29.1 Å². The van der Waals surface area contributed by atoms with Gasteiger partial charge < -0.3 is 40.3 Å². The minimum Gasteiger partial charge on any atom is -0.491 e. The molecule has 1 saturated carbocycles. The summed E-state index contributed by atoms with van der Waals surface area (Å²) in [4.78, 5) is 41.3. The summed E-state index contributed by atoms with van der Waals surface area (Å²) in [7, 11) is 11.9. The van der Waals surface area contributed by atoms with Gasteiger partial charge in [-0.3, -0.25) is 14.4 Å². The third kappa shape index (κ3) is 11.7. The van der Waals surface area contributed by atoms with Gasteiger partial charge >= 0.3 is 0 Å². The van der Waals surface area contributed by atoms with Gasteiger partial charge in [0.25, 0.3) is 5.91 Å². The lowest BCUT2D eigenvalue weighted by atomic mass is 9.58. The molecule has 0 spiro atoms. The van der Waals surface area contributed by atoms with Crippen LogP contribution >= 0.6 is 0 Å². The van der Waals surface area contributed by atoms with Crippen molar-refractivity contribution in [3.63, 3.8) is 0 Å². The fourth-order valence-electron chi connectivity index (χ4n) is 9.24. The molecule has 9 atom stereocenters. The molecule has 3 aromatic rings. The quantitative estimate of drug-likeness (QED) is 0.129. The Balaban J connectivity index is 1.52. The Bertz CT molecular complexity index is 1900. The van der Waals surface area contributed by atoms with E-state index in [0.29, 0.717) is 49.3 Å². The SMILES string of the molecule is C[C@@H]1[C@@H](NC(=O)[C@@H]2[C@H]([C@H](C)O)[C@H](CO)ON2Cc2cccc(-c3cc(C(=O)N[C@@H](Cc4ccccc4)CN(C)C)cc(N(C)C)c3)c2OCCN(C)C)C[C@@H](C)C(C)(C)[C@H]1C. The van der Waals surface area contributed by atoms with Gasteiger partial charge in [-0.25, -0.2) is 0 Å². The number of ether oxygens (including phenoxy) is 1. The number of hydrogen-bond donors (Lipinski definition) is 4. The maximum Gasteiger partial charge on any atom is 0.251 e. The standard InChI is InChI=1S/C49H74N6O6/c1-31-23-42(32(2)33(3)49(31,5)6)51-48(59)45-44(34(4)57)43(30-56)61-55(45)28-36-19-16-20-41(46(36)60-22-21-52(7)8)37-25-38(27-40(26-37)54(11)12)47(58)50-39(29-53(9)10)24-35-17-14-13-15-18-35/h13-20,25-27,31-34,39,42-45,56-57H,21-24,28-30H2,1-12H3,(H,50,58)(H,51,59)/t31-,32+,33+,34+,39+,42+,43+,44-,45+/m1/s1. The highest BCUT2D eigenvalue weighted by molar-refractivity contribution is 5.97. The van der Waals surface area contributed by atoms with Crippen molar-refractivity contribution in [1.29, 1.82) is 0 Å². The first-order valence-electron chi connectivity index (χ1n) is 22.1. The fourth-order valence-corrected chi connectivity index (χ4v) is 9.24. The third-order valence-corrected chi connectivity index (χ3v) is 13.6. The van der Waals surface area contributed by atoms with E-state index in [0.717, 1.165) is 34.4 Å². The molecular formula is C49H74N6O6. The molecule has 336 valence electrons. The molecule has 0 radical (unpaired) electrons. The molecule has 61 heavy (non-hydrogen) atoms. The smallest absolute Gasteiger partial charge is 0.251 e. The number of aliphatic hydroxyl groups is 2. The summed E-state index contributed by atoms with van der Waals surface area (Å²) in [5.41, 5.74) is 5.02. The van der Waals surface area contributed by atoms with Gasteiger partial charge in [-0.05, 0) is 100 Å². The predicted octanol–water partition coefficient (Wildman–Crippen LogP) is 5.56. The number of likely N-dealkylation sites (N-methyl/N-ethyl adjacent to an activating group) is 2. The second kappa shape index (κ2) is 20.9. The minimum atomic E-state index is -0.927. The van der Waals surface area contributed by atoms with Gasteiger partial charge in [-0.15, -0.1) is 0 Å². The van der Waals surface area contributed by atoms with E-state index in [1.807, 2.05) is 95.7 Å². The monoisotopic (exact) mass is 843 g/mol. The molecule has 12 nitrogen and oxygen atoms in total. The molecule has 3 aromatic carbocycles. The first-order chi connectivity index (χ1) is 28.8. The van der Waals surface area contributed by atoms with E-state index in [2.05, 4.69) is 73.3 Å². The molecule has 5 rings (SSSR count). The predicted molar refractivity (Wildman–Crippen MR) is 244 cm³/mol. The highest BCUT2D eigenvalue weighted by Crippen LogP contribution is 2.48. The van der Waals surface area contributed by atoms with Crippen LogP contribution in [-0.2, 0) is 22.6 Å². The Labute approximate surface area is 365 Å². The van der Waals surface area contributed by atoms with E-state index in [9.17, 15) is 19.8 Å². The van der Waals surface area contributed by atoms with Gasteiger partial charge in [0.1, 0.15) is 24.5 Å². The molecule has 1 aliphatic heterocycles. The van der Waals surface area contributed by atoms with Gasteiger partial charge in [-0.1, -0.05) is 83.1 Å².